The van der Waals surface area contributed by atoms with Crippen molar-refractivity contribution in [3.8, 4) is 0 Å². The Kier molecular flexibility index (Phi) is 39.1. The fourth-order valence-corrected chi connectivity index (χ4v) is 5.42. The van der Waals surface area contributed by atoms with E-state index in [1.807, 2.05) is 0 Å². The van der Waals surface area contributed by atoms with E-state index in [1.54, 1.807) is 0 Å². The molecule has 50 heavy (non-hydrogen) atoms. The number of carbonyl (C=O) groups is 2. The Morgan fingerprint density at radius 2 is 0.920 bits per heavy atom. The molecule has 1 atom stereocenters. The molecule has 0 aliphatic heterocycles. The number of allylic oxidation sites excluding steroid dienone is 10. The van der Waals surface area contributed by atoms with Crippen LogP contribution >= 0.6 is 0 Å². The van der Waals surface area contributed by atoms with Gasteiger partial charge < -0.3 is 14.2 Å². The molecule has 0 rings (SSSR count). The Balaban J connectivity index is 4.26. The predicted molar refractivity (Wildman–Crippen MR) is 214 cm³/mol. The third kappa shape index (κ3) is 38.4. The molecular weight excluding hydrogens is 620 g/mol. The van der Waals surface area contributed by atoms with Crippen LogP contribution in [0.4, 0.5) is 0 Å². The molecular formula is C45H78O5. The Morgan fingerprint density at radius 3 is 1.56 bits per heavy atom. The quantitative estimate of drug-likeness (QED) is 0.0367. The molecule has 0 N–H and O–H groups in total. The maximum absolute atomic E-state index is 12.6. The molecule has 0 fully saturated rings. The Labute approximate surface area is 309 Å². The summed E-state index contributed by atoms with van der Waals surface area (Å²) in [6, 6.07) is 0. The lowest BCUT2D eigenvalue weighted by atomic mass is 10.1. The minimum atomic E-state index is -0.550. The van der Waals surface area contributed by atoms with Gasteiger partial charge in [0.25, 0.3) is 0 Å². The van der Waals surface area contributed by atoms with Crippen molar-refractivity contribution in [2.75, 3.05) is 19.8 Å². The molecule has 0 spiro atoms. The number of hydrogen-bond acceptors (Lipinski definition) is 5. The van der Waals surface area contributed by atoms with Crippen LogP contribution in [-0.2, 0) is 23.8 Å². The summed E-state index contributed by atoms with van der Waals surface area (Å²) < 4.78 is 17.2. The van der Waals surface area contributed by atoms with Crippen LogP contribution in [0.15, 0.2) is 60.8 Å². The normalized spacial score (nSPS) is 12.8. The van der Waals surface area contributed by atoms with Crippen LogP contribution in [0.3, 0.4) is 0 Å². The van der Waals surface area contributed by atoms with Crippen molar-refractivity contribution in [3.05, 3.63) is 60.8 Å². The molecule has 0 aromatic rings. The van der Waals surface area contributed by atoms with Gasteiger partial charge >= 0.3 is 11.9 Å². The van der Waals surface area contributed by atoms with Gasteiger partial charge in [-0.25, -0.2) is 0 Å². The average Bonchev–Trinajstić information content (AvgIpc) is 3.11. The number of rotatable bonds is 37. The first kappa shape index (κ1) is 47.6. The lowest BCUT2D eigenvalue weighted by molar-refractivity contribution is -0.163. The number of carbonyl (C=O) groups excluding carboxylic acids is 2. The minimum Gasteiger partial charge on any atom is -0.462 e. The Bertz CT molecular complexity index is 884. The van der Waals surface area contributed by atoms with Gasteiger partial charge in [-0.05, 0) is 77.0 Å². The number of hydrogen-bond donors (Lipinski definition) is 0. The summed E-state index contributed by atoms with van der Waals surface area (Å²) in [5.74, 6) is -0.457. The molecule has 0 saturated heterocycles. The second kappa shape index (κ2) is 41.0. The van der Waals surface area contributed by atoms with Crippen LogP contribution in [0.5, 0.6) is 0 Å². The molecule has 0 aliphatic carbocycles. The summed E-state index contributed by atoms with van der Waals surface area (Å²) in [4.78, 5) is 25.0. The largest absolute Gasteiger partial charge is 0.462 e. The molecule has 5 nitrogen and oxygen atoms in total. The van der Waals surface area contributed by atoms with Crippen molar-refractivity contribution in [1.29, 1.82) is 0 Å². The molecule has 0 amide bonds. The highest BCUT2D eigenvalue weighted by atomic mass is 16.6. The van der Waals surface area contributed by atoms with Gasteiger partial charge in [0.05, 0.1) is 6.61 Å². The molecule has 5 heteroatoms. The lowest BCUT2D eigenvalue weighted by Crippen LogP contribution is -2.30. The summed E-state index contributed by atoms with van der Waals surface area (Å²) in [5.41, 5.74) is 0. The van der Waals surface area contributed by atoms with Crippen molar-refractivity contribution in [2.45, 2.75) is 194 Å². The van der Waals surface area contributed by atoms with Crippen LogP contribution in [0.1, 0.15) is 188 Å². The highest BCUT2D eigenvalue weighted by molar-refractivity contribution is 5.70. The fraction of sp³-hybridized carbons (Fsp3) is 0.733. The number of ether oxygens (including phenoxy) is 3. The van der Waals surface area contributed by atoms with Gasteiger partial charge in [0.15, 0.2) is 6.10 Å². The van der Waals surface area contributed by atoms with Crippen LogP contribution in [0.2, 0.25) is 0 Å². The van der Waals surface area contributed by atoms with Gasteiger partial charge in [-0.15, -0.1) is 0 Å². The maximum atomic E-state index is 12.6. The van der Waals surface area contributed by atoms with Gasteiger partial charge in [0, 0.05) is 19.4 Å². The van der Waals surface area contributed by atoms with Gasteiger partial charge in [-0.1, -0.05) is 159 Å². The number of unbranched alkanes of at least 4 members (excludes halogenated alkanes) is 16. The third-order valence-corrected chi connectivity index (χ3v) is 8.54. The lowest BCUT2D eigenvalue weighted by Gasteiger charge is -2.18. The molecule has 0 aliphatic rings. The summed E-state index contributed by atoms with van der Waals surface area (Å²) >= 11 is 0. The highest BCUT2D eigenvalue weighted by Crippen LogP contribution is 2.12. The van der Waals surface area contributed by atoms with Crippen LogP contribution in [-0.4, -0.2) is 37.9 Å². The molecule has 0 heterocycles. The minimum absolute atomic E-state index is 0.0609. The highest BCUT2D eigenvalue weighted by Gasteiger charge is 2.17. The molecule has 0 aromatic carbocycles. The van der Waals surface area contributed by atoms with E-state index in [4.69, 9.17) is 14.2 Å². The second-order valence-corrected chi connectivity index (χ2v) is 13.5. The van der Waals surface area contributed by atoms with Crippen molar-refractivity contribution in [1.82, 2.24) is 0 Å². The summed E-state index contributed by atoms with van der Waals surface area (Å²) in [5, 5.41) is 0. The SMILES string of the molecule is CC/C=C\C/C=C\C/C=C\C/C=C\CCCCC(=O)OCC(COCCCCCCCC/C=C\CCCC)OC(=O)CCCCCCCCC. The predicted octanol–water partition coefficient (Wildman–Crippen LogP) is 13.4. The topological polar surface area (TPSA) is 61.8 Å². The molecule has 288 valence electrons. The van der Waals surface area contributed by atoms with Gasteiger partial charge in [-0.2, -0.15) is 0 Å². The zero-order chi connectivity index (χ0) is 36.4. The van der Waals surface area contributed by atoms with Crippen molar-refractivity contribution < 1.29 is 23.8 Å². The first-order chi connectivity index (χ1) is 24.6. The van der Waals surface area contributed by atoms with E-state index in [0.29, 0.717) is 19.4 Å². The van der Waals surface area contributed by atoms with Gasteiger partial charge in [-0.3, -0.25) is 9.59 Å². The molecule has 0 bridgehead atoms. The Hall–Kier alpha value is -2.40. The third-order valence-electron chi connectivity index (χ3n) is 8.54. The van der Waals surface area contributed by atoms with E-state index in [9.17, 15) is 9.59 Å². The summed E-state index contributed by atoms with van der Waals surface area (Å²) in [6.45, 7) is 7.57. The number of esters is 2. The molecule has 1 unspecified atom stereocenters. The zero-order valence-electron chi connectivity index (χ0n) is 32.9. The fourth-order valence-electron chi connectivity index (χ4n) is 5.42. The van der Waals surface area contributed by atoms with Gasteiger partial charge in [0.1, 0.15) is 6.61 Å². The van der Waals surface area contributed by atoms with E-state index in [2.05, 4.69) is 81.5 Å². The van der Waals surface area contributed by atoms with Crippen LogP contribution < -0.4 is 0 Å². The van der Waals surface area contributed by atoms with E-state index in [0.717, 1.165) is 77.0 Å². The van der Waals surface area contributed by atoms with Crippen LogP contribution in [0.25, 0.3) is 0 Å². The first-order valence-electron chi connectivity index (χ1n) is 20.8. The molecule has 0 saturated carbocycles. The maximum Gasteiger partial charge on any atom is 0.306 e. The Morgan fingerprint density at radius 1 is 0.460 bits per heavy atom. The summed E-state index contributed by atoms with van der Waals surface area (Å²) in [7, 11) is 0. The van der Waals surface area contributed by atoms with Crippen molar-refractivity contribution in [3.63, 3.8) is 0 Å². The molecule has 0 radical (unpaired) electrons. The van der Waals surface area contributed by atoms with E-state index in [-0.39, 0.29) is 25.2 Å². The monoisotopic (exact) mass is 699 g/mol. The van der Waals surface area contributed by atoms with E-state index < -0.39 is 6.10 Å². The van der Waals surface area contributed by atoms with Crippen molar-refractivity contribution >= 4 is 11.9 Å². The molecule has 0 aromatic heterocycles. The average molecular weight is 699 g/mol. The van der Waals surface area contributed by atoms with Crippen LogP contribution in [0, 0.1) is 0 Å². The zero-order valence-corrected chi connectivity index (χ0v) is 32.9. The first-order valence-corrected chi connectivity index (χ1v) is 20.8. The smallest absolute Gasteiger partial charge is 0.306 e. The second-order valence-electron chi connectivity index (χ2n) is 13.5. The van der Waals surface area contributed by atoms with E-state index >= 15 is 0 Å². The van der Waals surface area contributed by atoms with E-state index in [1.165, 1.54) is 77.0 Å². The summed E-state index contributed by atoms with van der Waals surface area (Å²) in [6.07, 6.45) is 49.4. The van der Waals surface area contributed by atoms with Gasteiger partial charge in [0.2, 0.25) is 0 Å². The van der Waals surface area contributed by atoms with Crippen molar-refractivity contribution in [2.24, 2.45) is 0 Å². The standard InChI is InChI=1S/C45H78O5/c1-4-7-10-13-16-18-20-22-23-24-25-27-30-32-35-38-44(46)49-42-43(50-45(47)39-36-33-29-15-12-9-6-3)41-48-40-37-34-31-28-26-21-19-17-14-11-8-5-2/h7,10,14,16-18,22-23,25,27,43H,4-6,8-9,11-13,15,19-21,24,26,28-42H2,1-3H3/b10-7-,17-14-,18-16-,23-22-,27-25-.